The molecule has 1 aliphatic carbocycles. The fraction of sp³-hybridized carbons (Fsp3) is 0.500. The zero-order chi connectivity index (χ0) is 14.4. The summed E-state index contributed by atoms with van der Waals surface area (Å²) >= 11 is 0. The van der Waals surface area contributed by atoms with Crippen molar-refractivity contribution in [2.45, 2.75) is 32.4 Å². The van der Waals surface area contributed by atoms with Gasteiger partial charge in [-0.25, -0.2) is 0 Å². The Morgan fingerprint density at radius 2 is 2.24 bits per heavy atom. The highest BCUT2D eigenvalue weighted by Gasteiger charge is 2.59. The van der Waals surface area contributed by atoms with E-state index in [1.165, 1.54) is 6.39 Å². The zero-order valence-electron chi connectivity index (χ0n) is 12.2. The highest BCUT2D eigenvalue weighted by molar-refractivity contribution is 5.61. The number of rotatable bonds is 3. The van der Waals surface area contributed by atoms with Gasteiger partial charge in [-0.15, -0.1) is 10.2 Å². The Hall–Kier alpha value is -1.88. The van der Waals surface area contributed by atoms with Crippen LogP contribution in [0.3, 0.4) is 0 Å². The number of nitrogens with one attached hydrogen (secondary N) is 1. The number of fused-ring (bicyclic) bond motifs is 1. The molecular formula is C16H19N3O2. The summed E-state index contributed by atoms with van der Waals surface area (Å²) < 4.78 is 11.1. The smallest absolute Gasteiger partial charge is 0.247 e. The van der Waals surface area contributed by atoms with E-state index in [9.17, 15) is 0 Å². The Morgan fingerprint density at radius 3 is 3.05 bits per heavy atom. The Kier molecular flexibility index (Phi) is 2.79. The average Bonchev–Trinajstić information content (AvgIpc) is 3.15. The molecule has 3 atom stereocenters. The quantitative estimate of drug-likeness (QED) is 0.939. The van der Waals surface area contributed by atoms with Crippen LogP contribution in [0.2, 0.25) is 0 Å². The van der Waals surface area contributed by atoms with Crippen molar-refractivity contribution in [3.8, 4) is 11.5 Å². The van der Waals surface area contributed by atoms with Crippen molar-refractivity contribution in [2.24, 2.45) is 11.3 Å². The lowest BCUT2D eigenvalue weighted by Gasteiger charge is -2.55. The number of ether oxygens (including phenoxy) is 1. The van der Waals surface area contributed by atoms with Gasteiger partial charge in [-0.05, 0) is 24.6 Å². The van der Waals surface area contributed by atoms with Crippen LogP contribution in [0.1, 0.15) is 20.3 Å². The number of hydrogen-bond acceptors (Lipinski definition) is 5. The summed E-state index contributed by atoms with van der Waals surface area (Å²) in [5.74, 6) is 1.17. The number of anilines is 1. The monoisotopic (exact) mass is 285 g/mol. The van der Waals surface area contributed by atoms with Gasteiger partial charge in [0.2, 0.25) is 12.3 Å². The summed E-state index contributed by atoms with van der Waals surface area (Å²) in [7, 11) is 0. The van der Waals surface area contributed by atoms with Crippen LogP contribution >= 0.6 is 0 Å². The van der Waals surface area contributed by atoms with E-state index in [2.05, 4.69) is 41.5 Å². The maximum Gasteiger partial charge on any atom is 0.247 e. The van der Waals surface area contributed by atoms with E-state index in [-0.39, 0.29) is 5.41 Å². The summed E-state index contributed by atoms with van der Waals surface area (Å²) in [4.78, 5) is 0. The molecule has 21 heavy (non-hydrogen) atoms. The van der Waals surface area contributed by atoms with Gasteiger partial charge in [0.25, 0.3) is 0 Å². The third-order valence-electron chi connectivity index (χ3n) is 4.89. The lowest BCUT2D eigenvalue weighted by atomic mass is 9.57. The van der Waals surface area contributed by atoms with Gasteiger partial charge < -0.3 is 14.5 Å². The van der Waals surface area contributed by atoms with Crippen molar-refractivity contribution in [1.82, 2.24) is 10.2 Å². The highest BCUT2D eigenvalue weighted by atomic mass is 16.5. The van der Waals surface area contributed by atoms with Crippen molar-refractivity contribution in [3.63, 3.8) is 0 Å². The van der Waals surface area contributed by atoms with Crippen LogP contribution in [0.25, 0.3) is 11.5 Å². The molecule has 2 aromatic rings. The largest absolute Gasteiger partial charge is 0.423 e. The number of aromatic nitrogens is 2. The van der Waals surface area contributed by atoms with E-state index in [0.717, 1.165) is 24.3 Å². The summed E-state index contributed by atoms with van der Waals surface area (Å²) in [5.41, 5.74) is 2.20. The van der Waals surface area contributed by atoms with E-state index >= 15 is 0 Å². The Labute approximate surface area is 123 Å². The minimum absolute atomic E-state index is 0.168. The molecule has 5 nitrogen and oxygen atoms in total. The lowest BCUT2D eigenvalue weighted by Crippen LogP contribution is -2.63. The molecule has 1 saturated heterocycles. The standard InChI is InChI=1S/C16H19N3O2/c1-16(2)13(12-6-7-20-14(12)16)18-11-5-3-4-10(8-11)15-19-17-9-21-15/h3-5,8-9,12-14,18H,6-7H2,1-2H3. The van der Waals surface area contributed by atoms with E-state index in [1.807, 2.05) is 12.1 Å². The third-order valence-corrected chi connectivity index (χ3v) is 4.89. The molecule has 2 heterocycles. The van der Waals surface area contributed by atoms with Crippen LogP contribution in [0.5, 0.6) is 0 Å². The van der Waals surface area contributed by atoms with E-state index < -0.39 is 0 Å². The minimum Gasteiger partial charge on any atom is -0.423 e. The molecule has 1 N–H and O–H groups in total. The van der Waals surface area contributed by atoms with Gasteiger partial charge in [-0.1, -0.05) is 19.9 Å². The third kappa shape index (κ3) is 1.95. The Balaban J connectivity index is 1.56. The maximum absolute atomic E-state index is 5.84. The first kappa shape index (κ1) is 12.8. The van der Waals surface area contributed by atoms with Gasteiger partial charge in [0.1, 0.15) is 0 Å². The summed E-state index contributed by atoms with van der Waals surface area (Å²) in [6.07, 6.45) is 2.90. The average molecular weight is 285 g/mol. The molecule has 1 aromatic heterocycles. The first-order chi connectivity index (χ1) is 10.2. The van der Waals surface area contributed by atoms with Crippen LogP contribution in [0.4, 0.5) is 5.69 Å². The second-order valence-corrected chi connectivity index (χ2v) is 6.51. The summed E-state index contributed by atoms with van der Waals surface area (Å²) in [6.45, 7) is 5.44. The molecule has 1 aromatic carbocycles. The van der Waals surface area contributed by atoms with Crippen molar-refractivity contribution in [1.29, 1.82) is 0 Å². The van der Waals surface area contributed by atoms with Gasteiger partial charge in [-0.3, -0.25) is 0 Å². The van der Waals surface area contributed by atoms with Crippen LogP contribution < -0.4 is 5.32 Å². The SMILES string of the molecule is CC1(C)C(Nc2cccc(-c3nnco3)c2)C2CCOC21. The second-order valence-electron chi connectivity index (χ2n) is 6.51. The first-order valence-electron chi connectivity index (χ1n) is 7.41. The van der Waals surface area contributed by atoms with E-state index in [0.29, 0.717) is 24.0 Å². The molecule has 110 valence electrons. The Bertz CT molecular complexity index is 639. The highest BCUT2D eigenvalue weighted by Crippen LogP contribution is 2.53. The lowest BCUT2D eigenvalue weighted by molar-refractivity contribution is -0.0923. The van der Waals surface area contributed by atoms with Crippen LogP contribution in [0.15, 0.2) is 35.1 Å². The van der Waals surface area contributed by atoms with Crippen molar-refractivity contribution < 1.29 is 9.15 Å². The Morgan fingerprint density at radius 1 is 1.33 bits per heavy atom. The summed E-state index contributed by atoms with van der Waals surface area (Å²) in [6, 6.07) is 8.58. The van der Waals surface area contributed by atoms with E-state index in [4.69, 9.17) is 9.15 Å². The fourth-order valence-corrected chi connectivity index (χ4v) is 3.84. The molecule has 0 spiro atoms. The maximum atomic E-state index is 5.84. The van der Waals surface area contributed by atoms with Crippen LogP contribution in [0, 0.1) is 11.3 Å². The predicted octanol–water partition coefficient (Wildman–Crippen LogP) is 2.96. The fourth-order valence-electron chi connectivity index (χ4n) is 3.84. The molecule has 1 aliphatic heterocycles. The minimum atomic E-state index is 0.168. The topological polar surface area (TPSA) is 60.2 Å². The normalized spacial score (nSPS) is 29.7. The molecule has 5 heteroatoms. The van der Waals surface area contributed by atoms with Crippen molar-refractivity contribution in [2.75, 3.05) is 11.9 Å². The zero-order valence-corrected chi connectivity index (χ0v) is 12.2. The number of hydrogen-bond donors (Lipinski definition) is 1. The van der Waals surface area contributed by atoms with Gasteiger partial charge in [0.05, 0.1) is 6.10 Å². The van der Waals surface area contributed by atoms with Crippen LogP contribution in [-0.4, -0.2) is 29.0 Å². The first-order valence-corrected chi connectivity index (χ1v) is 7.41. The molecule has 1 saturated carbocycles. The summed E-state index contributed by atoms with van der Waals surface area (Å²) in [5, 5.41) is 11.4. The molecular weight excluding hydrogens is 266 g/mol. The molecule has 3 unspecified atom stereocenters. The van der Waals surface area contributed by atoms with Crippen molar-refractivity contribution >= 4 is 5.69 Å². The molecule has 0 radical (unpaired) electrons. The predicted molar refractivity (Wildman–Crippen MR) is 78.8 cm³/mol. The molecule has 0 bridgehead atoms. The molecule has 2 fully saturated rings. The van der Waals surface area contributed by atoms with Crippen LogP contribution in [-0.2, 0) is 4.74 Å². The molecule has 4 rings (SSSR count). The van der Waals surface area contributed by atoms with E-state index in [1.54, 1.807) is 0 Å². The van der Waals surface area contributed by atoms with Gasteiger partial charge in [0, 0.05) is 35.2 Å². The number of benzene rings is 1. The molecule has 0 amide bonds. The number of nitrogens with zero attached hydrogens (tertiary/aromatic N) is 2. The van der Waals surface area contributed by atoms with Gasteiger partial charge >= 0.3 is 0 Å². The van der Waals surface area contributed by atoms with Gasteiger partial charge in [0.15, 0.2) is 0 Å². The molecule has 2 aliphatic rings. The van der Waals surface area contributed by atoms with Gasteiger partial charge in [-0.2, -0.15) is 0 Å². The van der Waals surface area contributed by atoms with Crippen molar-refractivity contribution in [3.05, 3.63) is 30.7 Å². The second kappa shape index (κ2) is 4.56.